The first-order valence-electron chi connectivity index (χ1n) is 3.01. The van der Waals surface area contributed by atoms with Crippen LogP contribution < -0.4 is 0 Å². The molecule has 0 aliphatic heterocycles. The molecule has 0 bridgehead atoms. The lowest BCUT2D eigenvalue weighted by atomic mass is 10.4. The molecule has 1 rings (SSSR count). The summed E-state index contributed by atoms with van der Waals surface area (Å²) in [6.45, 7) is 3.20. The summed E-state index contributed by atoms with van der Waals surface area (Å²) in [4.78, 5) is 0. The molecule has 64 valence electrons. The van der Waals surface area contributed by atoms with E-state index in [1.54, 1.807) is 0 Å². The Labute approximate surface area is 66.6 Å². The smallest absolute Gasteiger partial charge is 0.240 e. The van der Waals surface area contributed by atoms with E-state index >= 15 is 0 Å². The minimum absolute atomic E-state index is 0.744. The highest BCUT2D eigenvalue weighted by molar-refractivity contribution is 5.21. The zero-order valence-electron chi connectivity index (χ0n) is 5.97. The molecule has 5 heteroatoms. The highest BCUT2D eigenvalue weighted by Crippen LogP contribution is 2.28. The highest BCUT2D eigenvalue weighted by Gasteiger charge is 2.31. The molecular weight excluding hydrogens is 169 g/mol. The Hall–Kier alpha value is -1.48. The van der Waals surface area contributed by atoms with Gasteiger partial charge in [-0.2, -0.15) is 18.3 Å². The van der Waals surface area contributed by atoms with E-state index in [2.05, 4.69) is 17.4 Å². The topological polar surface area (TPSA) is 17.8 Å². The van der Waals surface area contributed by atoms with Gasteiger partial charge in [0.05, 0.1) is 18.0 Å². The molecule has 1 aromatic rings. The lowest BCUT2D eigenvalue weighted by Crippen LogP contribution is -2.02. The van der Waals surface area contributed by atoms with Crippen LogP contribution in [0.5, 0.6) is 0 Å². The second-order valence-corrected chi connectivity index (χ2v) is 2.04. The van der Waals surface area contributed by atoms with Crippen molar-refractivity contribution < 1.29 is 13.2 Å². The van der Waals surface area contributed by atoms with Gasteiger partial charge in [-0.05, 0) is 0 Å². The van der Waals surface area contributed by atoms with Gasteiger partial charge in [-0.3, -0.25) is 0 Å². The second kappa shape index (κ2) is 2.87. The van der Waals surface area contributed by atoms with E-state index in [0.29, 0.717) is 0 Å². The van der Waals surface area contributed by atoms with Gasteiger partial charge < -0.3 is 0 Å². The normalized spacial score (nSPS) is 10.9. The number of nitrogens with zero attached hydrogens (tertiary/aromatic N) is 2. The van der Waals surface area contributed by atoms with Crippen LogP contribution in [0.3, 0.4) is 0 Å². The third kappa shape index (κ3) is 1.77. The van der Waals surface area contributed by atoms with Crippen LogP contribution in [0.1, 0.15) is 5.56 Å². The van der Waals surface area contributed by atoms with E-state index in [1.807, 2.05) is 0 Å². The van der Waals surface area contributed by atoms with Crippen molar-refractivity contribution in [2.45, 2.75) is 6.18 Å². The van der Waals surface area contributed by atoms with Gasteiger partial charge in [0.1, 0.15) is 0 Å². The average Bonchev–Trinajstić information content (AvgIpc) is 2.35. The average molecular weight is 174 g/mol. The lowest BCUT2D eigenvalue weighted by Gasteiger charge is -1.99. The van der Waals surface area contributed by atoms with Gasteiger partial charge in [-0.25, -0.2) is 4.68 Å². The van der Waals surface area contributed by atoms with Crippen LogP contribution in [0.25, 0.3) is 6.20 Å². The van der Waals surface area contributed by atoms with Crippen molar-refractivity contribution in [2.24, 2.45) is 0 Å². The van der Waals surface area contributed by atoms with Crippen LogP contribution >= 0.6 is 0 Å². The van der Waals surface area contributed by atoms with Crippen molar-refractivity contribution >= 4 is 6.20 Å². The Balaban J connectivity index is 2.99. The van der Waals surface area contributed by atoms with Crippen LogP contribution in [-0.2, 0) is 6.18 Å². The predicted molar refractivity (Wildman–Crippen MR) is 37.1 cm³/mol. The van der Waals surface area contributed by atoms with Gasteiger partial charge in [0, 0.05) is 6.20 Å². The summed E-state index contributed by atoms with van der Waals surface area (Å²) in [5.74, 6) is 0. The monoisotopic (exact) mass is 174 g/mol. The first-order valence-corrected chi connectivity index (χ1v) is 3.01. The summed E-state index contributed by atoms with van der Waals surface area (Å²) in [5.41, 5.74) is 1.52. The third-order valence-corrected chi connectivity index (χ3v) is 1.15. The van der Waals surface area contributed by atoms with Crippen LogP contribution in [0.2, 0.25) is 0 Å². The second-order valence-electron chi connectivity index (χ2n) is 2.04. The summed E-state index contributed by atoms with van der Waals surface area (Å²) in [5, 5.41) is 3.41. The molecule has 1 heterocycles. The molecular formula is C7H5F3N2. The Morgan fingerprint density at radius 2 is 2.25 bits per heavy atom. The van der Waals surface area contributed by atoms with Gasteiger partial charge in [0.25, 0.3) is 0 Å². The Kier molecular flexibility index (Phi) is 2.06. The highest BCUT2D eigenvalue weighted by atomic mass is 19.4. The SMILES string of the molecule is C=C=Cn1cc(C(F)(F)F)cn1. The molecule has 2 nitrogen and oxygen atoms in total. The minimum Gasteiger partial charge on any atom is -0.240 e. The van der Waals surface area contributed by atoms with E-state index in [4.69, 9.17) is 0 Å². The van der Waals surface area contributed by atoms with Crippen LogP contribution in [0, 0.1) is 0 Å². The minimum atomic E-state index is -4.34. The maximum Gasteiger partial charge on any atom is 0.419 e. The first-order chi connectivity index (χ1) is 5.54. The molecule has 0 unspecified atom stereocenters. The molecule has 0 radical (unpaired) electrons. The van der Waals surface area contributed by atoms with Gasteiger partial charge in [-0.15, -0.1) is 5.73 Å². The molecule has 0 atom stereocenters. The molecule has 1 aromatic heterocycles. The largest absolute Gasteiger partial charge is 0.419 e. The fraction of sp³-hybridized carbons (Fsp3) is 0.143. The fourth-order valence-corrected chi connectivity index (χ4v) is 0.649. The quantitative estimate of drug-likeness (QED) is 0.596. The number of halogens is 3. The molecule has 0 saturated carbocycles. The molecule has 0 aromatic carbocycles. The summed E-state index contributed by atoms with van der Waals surface area (Å²) >= 11 is 0. The molecule has 0 amide bonds. The Morgan fingerprint density at radius 3 is 2.67 bits per heavy atom. The maximum atomic E-state index is 11.9. The summed E-state index contributed by atoms with van der Waals surface area (Å²) < 4.78 is 36.8. The van der Waals surface area contributed by atoms with Crippen molar-refractivity contribution in [3.05, 3.63) is 30.3 Å². The zero-order chi connectivity index (χ0) is 9.19. The van der Waals surface area contributed by atoms with E-state index in [1.165, 1.54) is 6.20 Å². The number of alkyl halides is 3. The fourth-order valence-electron chi connectivity index (χ4n) is 0.649. The maximum absolute atomic E-state index is 11.9. The van der Waals surface area contributed by atoms with E-state index in [9.17, 15) is 13.2 Å². The van der Waals surface area contributed by atoms with Crippen molar-refractivity contribution in [3.8, 4) is 0 Å². The summed E-state index contributed by atoms with van der Waals surface area (Å²) in [7, 11) is 0. The number of rotatable bonds is 1. The van der Waals surface area contributed by atoms with Crippen molar-refractivity contribution in [3.63, 3.8) is 0 Å². The van der Waals surface area contributed by atoms with Gasteiger partial charge in [0.15, 0.2) is 0 Å². The summed E-state index contributed by atoms with van der Waals surface area (Å²) in [6, 6.07) is 0. The number of hydrogen-bond acceptors (Lipinski definition) is 1. The molecule has 12 heavy (non-hydrogen) atoms. The Bertz CT molecular complexity index is 318. The van der Waals surface area contributed by atoms with Crippen LogP contribution in [0.15, 0.2) is 24.7 Å². The van der Waals surface area contributed by atoms with Crippen molar-refractivity contribution in [1.29, 1.82) is 0 Å². The molecule has 0 aliphatic rings. The first kappa shape index (κ1) is 8.62. The van der Waals surface area contributed by atoms with Crippen molar-refractivity contribution in [2.75, 3.05) is 0 Å². The molecule has 0 saturated heterocycles. The van der Waals surface area contributed by atoms with Gasteiger partial charge >= 0.3 is 6.18 Å². The Morgan fingerprint density at radius 1 is 1.58 bits per heavy atom. The van der Waals surface area contributed by atoms with E-state index in [-0.39, 0.29) is 0 Å². The molecule has 0 N–H and O–H groups in total. The third-order valence-electron chi connectivity index (χ3n) is 1.15. The standard InChI is InChI=1S/C7H5F3N2/c1-2-3-12-5-6(4-11-12)7(8,9)10/h3-5H,1H2. The predicted octanol–water partition coefficient (Wildman–Crippen LogP) is 2.16. The molecule has 0 fully saturated rings. The number of hydrogen-bond donors (Lipinski definition) is 0. The summed E-state index contributed by atoms with van der Waals surface area (Å²) in [6.07, 6.45) is -1.53. The van der Waals surface area contributed by atoms with Crippen molar-refractivity contribution in [1.82, 2.24) is 9.78 Å². The van der Waals surface area contributed by atoms with E-state index in [0.717, 1.165) is 17.1 Å². The number of aromatic nitrogens is 2. The van der Waals surface area contributed by atoms with Crippen LogP contribution in [-0.4, -0.2) is 9.78 Å². The molecule has 0 aliphatic carbocycles. The van der Waals surface area contributed by atoms with Crippen LogP contribution in [0.4, 0.5) is 13.2 Å². The van der Waals surface area contributed by atoms with Gasteiger partial charge in [0.2, 0.25) is 0 Å². The molecule has 0 spiro atoms. The van der Waals surface area contributed by atoms with Gasteiger partial charge in [-0.1, -0.05) is 6.58 Å². The lowest BCUT2D eigenvalue weighted by molar-refractivity contribution is -0.137. The van der Waals surface area contributed by atoms with E-state index < -0.39 is 11.7 Å². The zero-order valence-corrected chi connectivity index (χ0v) is 5.97.